The Morgan fingerprint density at radius 2 is 1.71 bits per heavy atom. The zero-order valence-corrected chi connectivity index (χ0v) is 20.2. The maximum Gasteiger partial charge on any atom is 0.0432 e. The average Bonchev–Trinajstić information content (AvgIpc) is 2.94. The predicted octanol–water partition coefficient (Wildman–Crippen LogP) is 8.08. The van der Waals surface area contributed by atoms with Gasteiger partial charge in [-0.1, -0.05) is 72.3 Å². The van der Waals surface area contributed by atoms with Crippen molar-refractivity contribution in [1.29, 1.82) is 0 Å². The van der Waals surface area contributed by atoms with E-state index in [0.717, 1.165) is 16.4 Å². The molecule has 0 bridgehead atoms. The molecule has 0 heterocycles. The Balaban J connectivity index is 2.27. The highest BCUT2D eigenvalue weighted by Crippen LogP contribution is 2.44. The van der Waals surface area contributed by atoms with Crippen molar-refractivity contribution in [2.24, 2.45) is 0 Å². The third-order valence-electron chi connectivity index (χ3n) is 6.04. The van der Waals surface area contributed by atoms with Crippen molar-refractivity contribution < 1.29 is 0 Å². The first kappa shape index (κ1) is 22.8. The Kier molecular flexibility index (Phi) is 6.97. The molecule has 0 aromatic heterocycles. The topological polar surface area (TPSA) is 0 Å². The van der Waals surface area contributed by atoms with Crippen LogP contribution in [0.5, 0.6) is 0 Å². The number of aryl methyl sites for hydroxylation is 1. The summed E-state index contributed by atoms with van der Waals surface area (Å²) in [7, 11) is 3.81. The molecule has 0 N–H and O–H groups in total. The Bertz CT molecular complexity index is 1180. The quantitative estimate of drug-likeness (QED) is 0.251. The van der Waals surface area contributed by atoms with E-state index in [9.17, 15) is 0 Å². The van der Waals surface area contributed by atoms with Crippen LogP contribution >= 0.6 is 8.86 Å². The number of hydrogen-bond acceptors (Lipinski definition) is 0. The van der Waals surface area contributed by atoms with Crippen LogP contribution in [0.25, 0.3) is 0 Å². The van der Waals surface area contributed by atoms with Gasteiger partial charge in [-0.25, -0.2) is 0 Å². The van der Waals surface area contributed by atoms with Crippen molar-refractivity contribution >= 4 is 14.2 Å². The average molecular weight is 423 g/mol. The van der Waals surface area contributed by atoms with Gasteiger partial charge in [0.2, 0.25) is 0 Å². The zero-order valence-electron chi connectivity index (χ0n) is 19.2. The van der Waals surface area contributed by atoms with E-state index >= 15 is 0 Å². The van der Waals surface area contributed by atoms with Crippen LogP contribution in [-0.2, 0) is 5.41 Å². The van der Waals surface area contributed by atoms with Crippen LogP contribution in [0.3, 0.4) is 0 Å². The molecular formula is C30H31P. The van der Waals surface area contributed by atoms with Crippen LogP contribution in [0.15, 0.2) is 114 Å². The molecule has 0 saturated heterocycles. The van der Waals surface area contributed by atoms with E-state index in [0.29, 0.717) is 0 Å². The fraction of sp³-hybridized carbons (Fsp3) is 0.200. The van der Waals surface area contributed by atoms with Gasteiger partial charge >= 0.3 is 0 Å². The lowest BCUT2D eigenvalue weighted by Crippen LogP contribution is -2.29. The lowest BCUT2D eigenvalue weighted by atomic mass is 9.66. The molecular weight excluding hydrogens is 391 g/mol. The fourth-order valence-corrected chi connectivity index (χ4v) is 4.46. The lowest BCUT2D eigenvalue weighted by Gasteiger charge is -2.36. The molecule has 3 rings (SSSR count). The van der Waals surface area contributed by atoms with Gasteiger partial charge in [0.05, 0.1) is 0 Å². The number of hydrogen-bond donors (Lipinski definition) is 0. The molecule has 0 amide bonds. The van der Waals surface area contributed by atoms with E-state index in [-0.39, 0.29) is 5.41 Å². The summed E-state index contributed by atoms with van der Waals surface area (Å²) in [6, 6.07) is 17.6. The van der Waals surface area contributed by atoms with Gasteiger partial charge in [-0.05, 0) is 92.1 Å². The highest BCUT2D eigenvalue weighted by Gasteiger charge is 2.35. The second-order valence-corrected chi connectivity index (χ2v) is 9.18. The van der Waals surface area contributed by atoms with Crippen molar-refractivity contribution in [3.8, 4) is 0 Å². The SMILES string of the molecule is C=C/C(C)=C\C1=C=CC=C(C(C)(c2ccc(C)cc2)c2ccccc2C(C)=P)C(C)=C1. The molecule has 2 aromatic carbocycles. The van der Waals surface area contributed by atoms with E-state index < -0.39 is 0 Å². The zero-order chi connectivity index (χ0) is 22.6. The minimum absolute atomic E-state index is 0.330. The van der Waals surface area contributed by atoms with E-state index in [2.05, 4.69) is 123 Å². The molecule has 0 fully saturated rings. The minimum atomic E-state index is -0.330. The molecule has 0 aliphatic heterocycles. The first-order valence-electron chi connectivity index (χ1n) is 10.7. The van der Waals surface area contributed by atoms with Crippen molar-refractivity contribution in [3.05, 3.63) is 136 Å². The highest BCUT2D eigenvalue weighted by molar-refractivity contribution is 7.22. The molecule has 0 radical (unpaired) electrons. The van der Waals surface area contributed by atoms with E-state index in [1.54, 1.807) is 0 Å². The molecule has 2 aromatic rings. The Morgan fingerprint density at radius 3 is 2.35 bits per heavy atom. The van der Waals surface area contributed by atoms with Gasteiger partial charge in [-0.3, -0.25) is 0 Å². The molecule has 0 nitrogen and oxygen atoms in total. The van der Waals surface area contributed by atoms with Crippen molar-refractivity contribution in [2.45, 2.75) is 40.0 Å². The molecule has 156 valence electrons. The van der Waals surface area contributed by atoms with Crippen LogP contribution in [0, 0.1) is 6.92 Å². The monoisotopic (exact) mass is 422 g/mol. The van der Waals surface area contributed by atoms with Gasteiger partial charge in [-0.2, -0.15) is 0 Å². The smallest absolute Gasteiger partial charge is 0.0432 e. The maximum atomic E-state index is 3.88. The summed E-state index contributed by atoms with van der Waals surface area (Å²) in [6.45, 7) is 14.7. The van der Waals surface area contributed by atoms with E-state index in [4.69, 9.17) is 0 Å². The largest absolute Gasteiger partial charge is 0.118 e. The van der Waals surface area contributed by atoms with Crippen LogP contribution in [0.4, 0.5) is 0 Å². The van der Waals surface area contributed by atoms with E-state index in [1.165, 1.54) is 33.4 Å². The van der Waals surface area contributed by atoms with Gasteiger partial charge in [0.25, 0.3) is 0 Å². The van der Waals surface area contributed by atoms with Crippen molar-refractivity contribution in [3.63, 3.8) is 0 Å². The summed E-state index contributed by atoms with van der Waals surface area (Å²) in [4.78, 5) is 0. The van der Waals surface area contributed by atoms with Crippen LogP contribution in [-0.4, -0.2) is 5.29 Å². The molecule has 1 aliphatic rings. The fourth-order valence-electron chi connectivity index (χ4n) is 4.24. The minimum Gasteiger partial charge on any atom is -0.118 e. The lowest BCUT2D eigenvalue weighted by molar-refractivity contribution is 0.679. The van der Waals surface area contributed by atoms with Crippen molar-refractivity contribution in [2.75, 3.05) is 0 Å². The normalized spacial score (nSPS) is 15.9. The predicted molar refractivity (Wildman–Crippen MR) is 140 cm³/mol. The first-order valence-corrected chi connectivity index (χ1v) is 11.2. The van der Waals surface area contributed by atoms with Crippen molar-refractivity contribution in [1.82, 2.24) is 0 Å². The number of allylic oxidation sites excluding steroid dienone is 8. The summed E-state index contributed by atoms with van der Waals surface area (Å²) in [6.07, 6.45) is 10.5. The Hall–Kier alpha value is -2.91. The van der Waals surface area contributed by atoms with E-state index in [1.807, 2.05) is 12.2 Å². The van der Waals surface area contributed by atoms with Crippen LogP contribution < -0.4 is 0 Å². The molecule has 1 aliphatic carbocycles. The molecule has 0 spiro atoms. The van der Waals surface area contributed by atoms with Crippen LogP contribution in [0.1, 0.15) is 49.9 Å². The van der Waals surface area contributed by atoms with Gasteiger partial charge in [0, 0.05) is 11.0 Å². The second kappa shape index (κ2) is 9.49. The summed E-state index contributed by atoms with van der Waals surface area (Å²) in [5.41, 5.74) is 12.8. The summed E-state index contributed by atoms with van der Waals surface area (Å²) >= 11 is 0. The maximum absolute atomic E-state index is 3.88. The van der Waals surface area contributed by atoms with Crippen LogP contribution in [0.2, 0.25) is 0 Å². The Morgan fingerprint density at radius 1 is 1.03 bits per heavy atom. The standard InChI is InChI=1S/C30H31P/c1-7-21(2)19-25-11-10-14-28(23(4)20-25)30(6,26-17-15-22(3)16-18-26)29-13-9-8-12-27(29)24(5)31/h7-10,12-20,31H,1H2,2-6H3/b21-19-. The third-order valence-corrected chi connectivity index (χ3v) is 6.31. The molecule has 1 heteroatoms. The molecule has 0 saturated carbocycles. The van der Waals surface area contributed by atoms with Gasteiger partial charge in [0.15, 0.2) is 0 Å². The molecule has 31 heavy (non-hydrogen) atoms. The summed E-state index contributed by atoms with van der Waals surface area (Å²) < 4.78 is 0. The van der Waals surface area contributed by atoms with Gasteiger partial charge < -0.3 is 0 Å². The second-order valence-electron chi connectivity index (χ2n) is 8.43. The molecule has 1 atom stereocenters. The van der Waals surface area contributed by atoms with Gasteiger partial charge in [-0.15, -0.1) is 14.6 Å². The summed E-state index contributed by atoms with van der Waals surface area (Å²) in [5.74, 6) is 0. The number of rotatable bonds is 6. The third kappa shape index (κ3) is 4.72. The summed E-state index contributed by atoms with van der Waals surface area (Å²) in [5, 5.41) is 1.13. The highest BCUT2D eigenvalue weighted by atomic mass is 31.0. The molecule has 1 unspecified atom stereocenters. The van der Waals surface area contributed by atoms with Gasteiger partial charge in [0.1, 0.15) is 0 Å². The first-order chi connectivity index (χ1) is 14.8. The Labute approximate surface area is 190 Å². The number of benzene rings is 2.